The molecule has 3 aromatic rings. The third-order valence-electron chi connectivity index (χ3n) is 6.51. The number of benzene rings is 1. The number of carbonyl (C=O) groups excluding carboxylic acids is 1. The second kappa shape index (κ2) is 14.5. The Bertz CT molecular complexity index is 1390. The van der Waals surface area contributed by atoms with Crippen LogP contribution < -0.4 is 14.9 Å². The largest absolute Gasteiger partial charge is 0.490 e. The first kappa shape index (κ1) is 32.8. The molecule has 0 radical (unpaired) electrons. The summed E-state index contributed by atoms with van der Waals surface area (Å²) >= 11 is 8.42. The van der Waals surface area contributed by atoms with Crippen molar-refractivity contribution in [2.24, 2.45) is 5.41 Å². The highest BCUT2D eigenvalue weighted by molar-refractivity contribution is 14.1. The maximum Gasteiger partial charge on any atom is 0.343 e. The predicted octanol–water partition coefficient (Wildman–Crippen LogP) is 5.61. The third kappa shape index (κ3) is 8.21. The minimum Gasteiger partial charge on any atom is -0.490 e. The quantitative estimate of drug-likeness (QED) is 0.106. The van der Waals surface area contributed by atoms with Gasteiger partial charge in [-0.05, 0) is 46.7 Å². The smallest absolute Gasteiger partial charge is 0.343 e. The minimum absolute atomic E-state index is 0.0522. The van der Waals surface area contributed by atoms with Gasteiger partial charge in [-0.1, -0.05) is 62.7 Å². The predicted molar refractivity (Wildman–Crippen MR) is 165 cm³/mol. The van der Waals surface area contributed by atoms with E-state index in [9.17, 15) is 14.7 Å². The van der Waals surface area contributed by atoms with Crippen LogP contribution in [0.1, 0.15) is 55.6 Å². The van der Waals surface area contributed by atoms with Gasteiger partial charge in [0.15, 0.2) is 16.7 Å². The zero-order valence-electron chi connectivity index (χ0n) is 23.9. The number of carbonyl (C=O) groups is 1. The molecule has 1 unspecified atom stereocenters. The van der Waals surface area contributed by atoms with Crippen LogP contribution in [0.25, 0.3) is 0 Å². The van der Waals surface area contributed by atoms with Crippen molar-refractivity contribution in [3.05, 3.63) is 84.6 Å². The van der Waals surface area contributed by atoms with Crippen LogP contribution in [-0.4, -0.2) is 47.6 Å². The minimum atomic E-state index is -1.66. The zero-order valence-corrected chi connectivity index (χ0v) is 26.8. The van der Waals surface area contributed by atoms with Crippen LogP contribution in [0.3, 0.4) is 0 Å². The van der Waals surface area contributed by atoms with Crippen LogP contribution in [0, 0.1) is 9.12 Å². The summed E-state index contributed by atoms with van der Waals surface area (Å²) in [7, 11) is 1.62. The van der Waals surface area contributed by atoms with Gasteiger partial charge in [0.2, 0.25) is 5.43 Å². The molecule has 0 saturated carbocycles. The highest BCUT2D eigenvalue weighted by atomic mass is 127. The molecule has 3 rings (SSSR count). The summed E-state index contributed by atoms with van der Waals surface area (Å²) < 4.78 is 24.0. The summed E-state index contributed by atoms with van der Waals surface area (Å²) in [6, 6.07) is 11.1. The van der Waals surface area contributed by atoms with Crippen LogP contribution in [0.5, 0.6) is 11.5 Å². The van der Waals surface area contributed by atoms with Crippen molar-refractivity contribution in [1.29, 1.82) is 0 Å². The lowest BCUT2D eigenvalue weighted by atomic mass is 9.79. The summed E-state index contributed by atoms with van der Waals surface area (Å²) in [5, 5.41) is 12.6. The van der Waals surface area contributed by atoms with E-state index in [-0.39, 0.29) is 36.1 Å². The van der Waals surface area contributed by atoms with Gasteiger partial charge >= 0.3 is 5.97 Å². The highest BCUT2D eigenvalue weighted by Crippen LogP contribution is 2.40. The number of hydrogen-bond donors (Lipinski definition) is 1. The van der Waals surface area contributed by atoms with Gasteiger partial charge in [-0.25, -0.2) is 9.78 Å². The normalized spacial score (nSPS) is 13.0. The Labute approximate surface area is 258 Å². The van der Waals surface area contributed by atoms with Crippen molar-refractivity contribution in [1.82, 2.24) is 9.55 Å². The molecule has 0 aliphatic carbocycles. The average Bonchev–Trinajstić information content (AvgIpc) is 2.92. The lowest BCUT2D eigenvalue weighted by Gasteiger charge is -2.42. The third-order valence-corrected chi connectivity index (χ3v) is 7.72. The van der Waals surface area contributed by atoms with E-state index in [0.717, 1.165) is 5.56 Å². The van der Waals surface area contributed by atoms with Crippen molar-refractivity contribution in [3.63, 3.8) is 0 Å². The van der Waals surface area contributed by atoms with Gasteiger partial charge < -0.3 is 28.6 Å². The van der Waals surface area contributed by atoms with Gasteiger partial charge in [-0.2, -0.15) is 0 Å². The summed E-state index contributed by atoms with van der Waals surface area (Å²) in [4.78, 5) is 30.6. The van der Waals surface area contributed by atoms with E-state index in [1.807, 2.05) is 51.1 Å². The van der Waals surface area contributed by atoms with E-state index < -0.39 is 22.5 Å². The Hall–Kier alpha value is -2.67. The van der Waals surface area contributed by atoms with Crippen molar-refractivity contribution >= 4 is 40.2 Å². The van der Waals surface area contributed by atoms with Crippen LogP contribution in [-0.2, 0) is 28.2 Å². The average molecular weight is 699 g/mol. The molecule has 1 aromatic carbocycles. The molecule has 0 bridgehead atoms. The SMILES string of the molecule is CCOC(=O)c1cn(C(O)(Cc2cc(OCCCOC)c(Cl)nc2I)C(C)(C)C)cc(OCc2ccccc2)c1=O. The number of rotatable bonds is 13. The molecule has 0 fully saturated rings. The Morgan fingerprint density at radius 2 is 1.80 bits per heavy atom. The van der Waals surface area contributed by atoms with Crippen molar-refractivity contribution in [2.75, 3.05) is 26.9 Å². The number of ether oxygens (including phenoxy) is 4. The number of aromatic nitrogens is 2. The van der Waals surface area contributed by atoms with E-state index in [1.54, 1.807) is 20.1 Å². The van der Waals surface area contributed by atoms with Crippen LogP contribution in [0.4, 0.5) is 0 Å². The van der Waals surface area contributed by atoms with Crippen molar-refractivity contribution in [3.8, 4) is 11.5 Å². The number of pyridine rings is 2. The topological polar surface area (TPSA) is 109 Å². The fraction of sp³-hybridized carbons (Fsp3) is 0.433. The number of hydrogen-bond acceptors (Lipinski definition) is 8. The Morgan fingerprint density at radius 1 is 1.10 bits per heavy atom. The first-order valence-corrected chi connectivity index (χ1v) is 14.7. The molecule has 0 amide bonds. The molecule has 41 heavy (non-hydrogen) atoms. The maximum atomic E-state index is 13.3. The zero-order chi connectivity index (χ0) is 30.2. The Kier molecular flexibility index (Phi) is 11.6. The summed E-state index contributed by atoms with van der Waals surface area (Å²) in [5.41, 5.74) is -1.82. The monoisotopic (exact) mass is 698 g/mol. The number of halogens is 2. The second-order valence-corrected chi connectivity index (χ2v) is 11.8. The Morgan fingerprint density at radius 3 is 2.44 bits per heavy atom. The van der Waals surface area contributed by atoms with E-state index >= 15 is 0 Å². The molecule has 0 aliphatic heterocycles. The Balaban J connectivity index is 2.09. The van der Waals surface area contributed by atoms with Gasteiger partial charge in [0, 0.05) is 38.2 Å². The van der Waals surface area contributed by atoms with E-state index in [2.05, 4.69) is 27.6 Å². The molecule has 9 nitrogen and oxygen atoms in total. The first-order valence-electron chi connectivity index (χ1n) is 13.2. The lowest BCUT2D eigenvalue weighted by molar-refractivity contribution is -0.129. The number of methoxy groups -OCH3 is 1. The number of aliphatic hydroxyl groups is 1. The van der Waals surface area contributed by atoms with Crippen LogP contribution in [0.15, 0.2) is 53.6 Å². The standard InChI is InChI=1S/C30H36ClIN2O7/c1-6-39-28(36)22-17-34(18-24(25(22)35)41-19-20-11-8-7-9-12-20)30(37,29(2,3)4)16-21-15-23(26(31)33-27(21)32)40-14-10-13-38-5/h7-9,11-12,15,17-18,37H,6,10,13-14,16,19H2,1-5H3. The summed E-state index contributed by atoms with van der Waals surface area (Å²) in [6.07, 6.45) is 3.47. The molecule has 222 valence electrons. The van der Waals surface area contributed by atoms with Gasteiger partial charge in [0.1, 0.15) is 21.6 Å². The molecule has 0 saturated heterocycles. The molecule has 2 aromatic heterocycles. The maximum absolute atomic E-state index is 13.3. The molecule has 0 spiro atoms. The van der Waals surface area contributed by atoms with Crippen molar-refractivity contribution < 1.29 is 28.8 Å². The molecule has 2 heterocycles. The van der Waals surface area contributed by atoms with Gasteiger partial charge in [0.25, 0.3) is 0 Å². The molecule has 1 N–H and O–H groups in total. The number of nitrogens with zero attached hydrogens (tertiary/aromatic N) is 2. The van der Waals surface area contributed by atoms with E-state index in [0.29, 0.717) is 34.6 Å². The van der Waals surface area contributed by atoms with E-state index in [4.69, 9.17) is 30.5 Å². The van der Waals surface area contributed by atoms with Gasteiger partial charge in [-0.3, -0.25) is 4.79 Å². The fourth-order valence-corrected chi connectivity index (χ4v) is 4.99. The summed E-state index contributed by atoms with van der Waals surface area (Å²) in [6.45, 7) is 8.33. The van der Waals surface area contributed by atoms with Crippen molar-refractivity contribution in [2.45, 2.75) is 52.9 Å². The molecule has 11 heteroatoms. The van der Waals surface area contributed by atoms with Crippen LogP contribution >= 0.6 is 34.2 Å². The second-order valence-electron chi connectivity index (χ2n) is 10.4. The number of esters is 1. The molecular weight excluding hydrogens is 663 g/mol. The van der Waals surface area contributed by atoms with Crippen LogP contribution in [0.2, 0.25) is 5.15 Å². The first-order chi connectivity index (χ1) is 19.4. The molecule has 1 atom stereocenters. The highest BCUT2D eigenvalue weighted by Gasteiger charge is 2.43. The molecule has 0 aliphatic rings. The van der Waals surface area contributed by atoms with E-state index in [1.165, 1.54) is 17.0 Å². The van der Waals surface area contributed by atoms with Gasteiger partial charge in [-0.15, -0.1) is 0 Å². The lowest BCUT2D eigenvalue weighted by Crippen LogP contribution is -2.48. The summed E-state index contributed by atoms with van der Waals surface area (Å²) in [5.74, 6) is -0.510. The fourth-order valence-electron chi connectivity index (χ4n) is 4.07. The molecular formula is C30H36ClIN2O7. The van der Waals surface area contributed by atoms with Gasteiger partial charge in [0.05, 0.1) is 19.4 Å².